The Hall–Kier alpha value is -1.26. The van der Waals surface area contributed by atoms with Crippen molar-refractivity contribution in [1.82, 2.24) is 4.90 Å². The van der Waals surface area contributed by atoms with Crippen LogP contribution in [0.3, 0.4) is 0 Å². The summed E-state index contributed by atoms with van der Waals surface area (Å²) in [7, 11) is 0. The van der Waals surface area contributed by atoms with Crippen molar-refractivity contribution in [3.63, 3.8) is 0 Å². The molecule has 0 saturated carbocycles. The van der Waals surface area contributed by atoms with Gasteiger partial charge in [0.15, 0.2) is 5.84 Å². The number of amidine groups is 1. The van der Waals surface area contributed by atoms with E-state index in [1.807, 2.05) is 12.1 Å². The van der Waals surface area contributed by atoms with Gasteiger partial charge in [0.1, 0.15) is 0 Å². The summed E-state index contributed by atoms with van der Waals surface area (Å²) in [6.45, 7) is 4.22. The Kier molecular flexibility index (Phi) is 4.09. The third-order valence-corrected chi connectivity index (χ3v) is 3.87. The van der Waals surface area contributed by atoms with E-state index in [0.717, 1.165) is 18.7 Å². The van der Waals surface area contributed by atoms with E-state index >= 15 is 0 Å². The summed E-state index contributed by atoms with van der Waals surface area (Å²) in [5, 5.41) is 12.3. The molecule has 0 amide bonds. The first kappa shape index (κ1) is 13.2. The fourth-order valence-electron chi connectivity index (χ4n) is 2.34. The lowest BCUT2D eigenvalue weighted by atomic mass is 10.1. The molecule has 0 aliphatic carbocycles. The van der Waals surface area contributed by atoms with Gasteiger partial charge in [-0.25, -0.2) is 0 Å². The third kappa shape index (κ3) is 2.76. The number of hydrogen-bond donors (Lipinski definition) is 2. The van der Waals surface area contributed by atoms with Crippen LogP contribution < -0.4 is 5.73 Å². The van der Waals surface area contributed by atoms with Crippen LogP contribution in [0.15, 0.2) is 23.4 Å². The van der Waals surface area contributed by atoms with Crippen molar-refractivity contribution in [2.24, 2.45) is 10.9 Å². The molecule has 1 aromatic rings. The summed E-state index contributed by atoms with van der Waals surface area (Å²) in [6, 6.07) is 6.13. The van der Waals surface area contributed by atoms with Crippen LogP contribution in [-0.2, 0) is 6.54 Å². The molecule has 98 valence electrons. The monoisotopic (exact) mass is 267 g/mol. The summed E-state index contributed by atoms with van der Waals surface area (Å²) < 4.78 is 0. The van der Waals surface area contributed by atoms with E-state index in [-0.39, 0.29) is 5.84 Å². The van der Waals surface area contributed by atoms with Gasteiger partial charge in [0.05, 0.1) is 0 Å². The molecule has 2 rings (SSSR count). The first-order chi connectivity index (χ1) is 8.61. The lowest BCUT2D eigenvalue weighted by molar-refractivity contribution is 0.260. The number of halogens is 1. The van der Waals surface area contributed by atoms with Crippen LogP contribution in [0.2, 0.25) is 5.02 Å². The van der Waals surface area contributed by atoms with Crippen molar-refractivity contribution >= 4 is 17.4 Å². The molecule has 1 aliphatic rings. The van der Waals surface area contributed by atoms with Crippen molar-refractivity contribution in [3.05, 3.63) is 34.3 Å². The molecule has 0 radical (unpaired) electrons. The molecule has 1 aliphatic heterocycles. The smallest absolute Gasteiger partial charge is 0.170 e. The Morgan fingerprint density at radius 1 is 1.61 bits per heavy atom. The Balaban J connectivity index is 2.15. The number of nitrogens with two attached hydrogens (primary N) is 1. The second-order valence-corrected chi connectivity index (χ2v) is 5.16. The van der Waals surface area contributed by atoms with Crippen molar-refractivity contribution < 1.29 is 5.21 Å². The van der Waals surface area contributed by atoms with Crippen LogP contribution in [0.1, 0.15) is 30.9 Å². The third-order valence-electron chi connectivity index (χ3n) is 3.52. The van der Waals surface area contributed by atoms with Gasteiger partial charge in [0.2, 0.25) is 0 Å². The van der Waals surface area contributed by atoms with Crippen molar-refractivity contribution in [2.75, 3.05) is 6.54 Å². The van der Waals surface area contributed by atoms with E-state index in [9.17, 15) is 0 Å². The molecule has 5 heteroatoms. The maximum atomic E-state index is 8.62. The van der Waals surface area contributed by atoms with Crippen molar-refractivity contribution in [2.45, 2.75) is 32.4 Å². The first-order valence-electron chi connectivity index (χ1n) is 6.12. The summed E-state index contributed by atoms with van der Waals surface area (Å²) in [4.78, 5) is 2.42. The van der Waals surface area contributed by atoms with Gasteiger partial charge in [0, 0.05) is 23.2 Å². The van der Waals surface area contributed by atoms with E-state index in [2.05, 4.69) is 17.0 Å². The molecular weight excluding hydrogens is 250 g/mol. The van der Waals surface area contributed by atoms with Crippen LogP contribution in [0, 0.1) is 0 Å². The number of hydrogen-bond acceptors (Lipinski definition) is 3. The van der Waals surface area contributed by atoms with Gasteiger partial charge in [-0.2, -0.15) is 0 Å². The highest BCUT2D eigenvalue weighted by molar-refractivity contribution is 6.31. The van der Waals surface area contributed by atoms with Gasteiger partial charge < -0.3 is 10.9 Å². The molecule has 4 nitrogen and oxygen atoms in total. The summed E-state index contributed by atoms with van der Waals surface area (Å²) in [6.07, 6.45) is 2.50. The van der Waals surface area contributed by atoms with E-state index in [1.165, 1.54) is 12.8 Å². The standard InChI is InChI=1S/C13H18ClN3O/c1-9-3-2-6-17(9)8-11-5-4-10(7-12(11)14)13(15)16-18/h4-5,7,9,18H,2-3,6,8H2,1H3,(H2,15,16). The zero-order valence-electron chi connectivity index (χ0n) is 10.4. The number of nitrogens with zero attached hydrogens (tertiary/aromatic N) is 2. The highest BCUT2D eigenvalue weighted by atomic mass is 35.5. The molecule has 3 N–H and O–H groups in total. The minimum Gasteiger partial charge on any atom is -0.409 e. The topological polar surface area (TPSA) is 61.8 Å². The quantitative estimate of drug-likeness (QED) is 0.383. The average Bonchev–Trinajstić information content (AvgIpc) is 2.76. The van der Waals surface area contributed by atoms with E-state index < -0.39 is 0 Å². The Morgan fingerprint density at radius 3 is 2.94 bits per heavy atom. The van der Waals surface area contributed by atoms with Crippen LogP contribution in [0.5, 0.6) is 0 Å². The van der Waals surface area contributed by atoms with Crippen molar-refractivity contribution in [3.8, 4) is 0 Å². The maximum absolute atomic E-state index is 8.62. The molecular formula is C13H18ClN3O. The largest absolute Gasteiger partial charge is 0.409 e. The molecule has 1 saturated heterocycles. The molecule has 1 unspecified atom stereocenters. The molecule has 1 atom stereocenters. The van der Waals surface area contributed by atoms with Crippen LogP contribution >= 0.6 is 11.6 Å². The molecule has 0 aromatic heterocycles. The zero-order chi connectivity index (χ0) is 13.1. The lowest BCUT2D eigenvalue weighted by Crippen LogP contribution is -2.26. The molecule has 1 aromatic carbocycles. The summed E-state index contributed by atoms with van der Waals surface area (Å²) in [5.41, 5.74) is 7.25. The number of rotatable bonds is 3. The normalized spacial score (nSPS) is 21.4. The van der Waals surface area contributed by atoms with Gasteiger partial charge in [-0.15, -0.1) is 0 Å². The Labute approximate surface area is 112 Å². The Bertz CT molecular complexity index is 462. The van der Waals surface area contributed by atoms with E-state index in [4.69, 9.17) is 22.5 Å². The Morgan fingerprint density at radius 2 is 2.39 bits per heavy atom. The number of likely N-dealkylation sites (tertiary alicyclic amines) is 1. The molecule has 0 bridgehead atoms. The maximum Gasteiger partial charge on any atom is 0.170 e. The predicted molar refractivity (Wildman–Crippen MR) is 73.1 cm³/mol. The first-order valence-corrected chi connectivity index (χ1v) is 6.50. The van der Waals surface area contributed by atoms with Gasteiger partial charge in [-0.1, -0.05) is 28.9 Å². The summed E-state index contributed by atoms with van der Waals surface area (Å²) in [5.74, 6) is 0.0815. The minimum absolute atomic E-state index is 0.0815. The second-order valence-electron chi connectivity index (χ2n) is 4.75. The highest BCUT2D eigenvalue weighted by Gasteiger charge is 2.20. The second kappa shape index (κ2) is 5.59. The number of oxime groups is 1. The van der Waals surface area contributed by atoms with E-state index in [0.29, 0.717) is 16.6 Å². The lowest BCUT2D eigenvalue weighted by Gasteiger charge is -2.21. The van der Waals surface area contributed by atoms with Gasteiger partial charge in [-0.05, 0) is 37.9 Å². The molecule has 1 heterocycles. The zero-order valence-corrected chi connectivity index (χ0v) is 11.2. The minimum atomic E-state index is 0.0815. The van der Waals surface area contributed by atoms with Crippen molar-refractivity contribution in [1.29, 1.82) is 0 Å². The fraction of sp³-hybridized carbons (Fsp3) is 0.462. The van der Waals surface area contributed by atoms with Crippen LogP contribution in [0.25, 0.3) is 0 Å². The fourth-order valence-corrected chi connectivity index (χ4v) is 2.58. The SMILES string of the molecule is CC1CCCN1Cc1ccc(/C(N)=N/O)cc1Cl. The molecule has 0 spiro atoms. The molecule has 1 fully saturated rings. The van der Waals surface area contributed by atoms with Gasteiger partial charge in [-0.3, -0.25) is 4.90 Å². The highest BCUT2D eigenvalue weighted by Crippen LogP contribution is 2.24. The predicted octanol–water partition coefficient (Wildman–Crippen LogP) is 2.42. The molecule has 18 heavy (non-hydrogen) atoms. The van der Waals surface area contributed by atoms with E-state index in [1.54, 1.807) is 6.07 Å². The van der Waals surface area contributed by atoms with Crippen LogP contribution in [0.4, 0.5) is 0 Å². The van der Waals surface area contributed by atoms with Gasteiger partial charge in [0.25, 0.3) is 0 Å². The average molecular weight is 268 g/mol. The number of benzene rings is 1. The van der Waals surface area contributed by atoms with Crippen LogP contribution in [-0.4, -0.2) is 28.5 Å². The van der Waals surface area contributed by atoms with Gasteiger partial charge >= 0.3 is 0 Å². The summed E-state index contributed by atoms with van der Waals surface area (Å²) >= 11 is 6.24.